The highest BCUT2D eigenvalue weighted by atomic mass is 16.7. The van der Waals surface area contributed by atoms with Crippen LogP contribution in [0.15, 0.2) is 30.4 Å². The molecule has 12 nitrogen and oxygen atoms in total. The number of Topliss-reactive ketones (excluding diaryl/α,β-unsaturated/α-hetero) is 2. The van der Waals surface area contributed by atoms with Crippen LogP contribution < -0.4 is 0 Å². The van der Waals surface area contributed by atoms with Crippen molar-refractivity contribution in [3.05, 3.63) is 30.4 Å². The summed E-state index contributed by atoms with van der Waals surface area (Å²) in [5.41, 5.74) is -2.27. The molecule has 12 heteroatoms. The van der Waals surface area contributed by atoms with Crippen LogP contribution in [0.4, 0.5) is 4.79 Å². The van der Waals surface area contributed by atoms with E-state index in [2.05, 4.69) is 15.8 Å². The molecule has 0 spiro atoms. The number of carbonyl (C=O) groups is 4. The number of esters is 1. The lowest BCUT2D eigenvalue weighted by molar-refractivity contribution is -0.258. The van der Waals surface area contributed by atoms with E-state index in [0.29, 0.717) is 18.4 Å². The molecule has 10 atom stereocenters. The first kappa shape index (κ1) is 37.4. The molecular formula is C36H51N3O9. The Kier molecular flexibility index (Phi) is 12.1. The maximum atomic E-state index is 14.1. The van der Waals surface area contributed by atoms with Crippen molar-refractivity contribution >= 4 is 23.6 Å². The highest BCUT2D eigenvalue weighted by Crippen LogP contribution is 2.41. The van der Waals surface area contributed by atoms with Crippen LogP contribution in [0, 0.1) is 30.1 Å². The minimum absolute atomic E-state index is 0.106. The second-order valence-electron chi connectivity index (χ2n) is 14.0. The molecule has 4 rings (SSSR count). The number of terminal acetylenes is 1. The average Bonchev–Trinajstić information content (AvgIpc) is 3.74. The zero-order chi connectivity index (χ0) is 35.4. The van der Waals surface area contributed by atoms with Gasteiger partial charge in [0.05, 0.1) is 24.4 Å². The molecule has 2 saturated heterocycles. The maximum Gasteiger partial charge on any atom is 0.420 e. The van der Waals surface area contributed by atoms with Crippen LogP contribution in [0.1, 0.15) is 80.6 Å². The summed E-state index contributed by atoms with van der Waals surface area (Å²) >= 11 is 0. The van der Waals surface area contributed by atoms with E-state index in [1.165, 1.54) is 31.7 Å². The van der Waals surface area contributed by atoms with Gasteiger partial charge < -0.3 is 28.6 Å². The molecule has 0 aromatic carbocycles. The summed E-state index contributed by atoms with van der Waals surface area (Å²) < 4.78 is 32.3. The summed E-state index contributed by atoms with van der Waals surface area (Å²) in [5.74, 6) is -1.23. The minimum Gasteiger partial charge on any atom is -0.457 e. The maximum absolute atomic E-state index is 14.1. The van der Waals surface area contributed by atoms with Gasteiger partial charge in [0, 0.05) is 49.7 Å². The van der Waals surface area contributed by atoms with Crippen LogP contribution in [-0.4, -0.2) is 100 Å². The van der Waals surface area contributed by atoms with Crippen molar-refractivity contribution in [3.8, 4) is 12.3 Å². The monoisotopic (exact) mass is 669 g/mol. The van der Waals surface area contributed by atoms with Gasteiger partial charge in [0.1, 0.15) is 18.3 Å². The van der Waals surface area contributed by atoms with Gasteiger partial charge in [0.25, 0.3) is 0 Å². The predicted molar refractivity (Wildman–Crippen MR) is 176 cm³/mol. The minimum atomic E-state index is -1.54. The highest BCUT2D eigenvalue weighted by Gasteiger charge is 2.52. The summed E-state index contributed by atoms with van der Waals surface area (Å²) in [6.07, 6.45) is 10.3. The molecule has 3 aliphatic rings. The van der Waals surface area contributed by atoms with E-state index < -0.39 is 65.3 Å². The van der Waals surface area contributed by atoms with Crippen LogP contribution in [-0.2, 0) is 38.1 Å². The van der Waals surface area contributed by atoms with E-state index >= 15 is 0 Å². The van der Waals surface area contributed by atoms with E-state index in [0.717, 1.165) is 17.5 Å². The quantitative estimate of drug-likeness (QED) is 0.233. The number of allylic oxidation sites excluding steroid dienone is 1. The number of hydrogen-bond donors (Lipinski definition) is 0. The van der Waals surface area contributed by atoms with Crippen molar-refractivity contribution in [3.63, 3.8) is 0 Å². The Bertz CT molecular complexity index is 1400. The fourth-order valence-corrected chi connectivity index (χ4v) is 7.29. The Labute approximate surface area is 283 Å². The van der Waals surface area contributed by atoms with Gasteiger partial charge in [0.15, 0.2) is 23.5 Å². The summed E-state index contributed by atoms with van der Waals surface area (Å²) in [6, 6.07) is 0.146. The Morgan fingerprint density at radius 2 is 1.94 bits per heavy atom. The number of rotatable bonds is 7. The van der Waals surface area contributed by atoms with E-state index in [1.807, 2.05) is 20.9 Å². The number of nitrogens with zero attached hydrogens (tertiary/aromatic N) is 3. The van der Waals surface area contributed by atoms with Crippen LogP contribution in [0.3, 0.4) is 0 Å². The molecule has 2 fully saturated rings. The topological polar surface area (TPSA) is 135 Å². The highest BCUT2D eigenvalue weighted by molar-refractivity contribution is 6.00. The zero-order valence-electron chi connectivity index (χ0n) is 29.5. The third-order valence-corrected chi connectivity index (χ3v) is 10.1. The predicted octanol–water partition coefficient (Wildman–Crippen LogP) is 4.35. The first-order valence-corrected chi connectivity index (χ1v) is 16.9. The number of cyclic esters (lactones) is 1. The SMILES string of the molecule is C#CCCN(C)[C@@H]1C[C@H](O[C@@H]2[C@@H](C)C(=O)[C@@H](C)C(=O)O[C@H](CC)[C@@](C)(OC(=O)n3ccnc3)/C=C(\C)C(=O)[C@@H]3CO[C@]2(C)C3)O[C@H](C)C1. The van der Waals surface area contributed by atoms with E-state index in [9.17, 15) is 19.2 Å². The Morgan fingerprint density at radius 1 is 1.21 bits per heavy atom. The molecule has 4 heterocycles. The van der Waals surface area contributed by atoms with Crippen molar-refractivity contribution < 1.29 is 42.9 Å². The summed E-state index contributed by atoms with van der Waals surface area (Å²) in [5, 5.41) is 0. The van der Waals surface area contributed by atoms with Crippen molar-refractivity contribution in [2.24, 2.45) is 17.8 Å². The van der Waals surface area contributed by atoms with Crippen molar-refractivity contribution in [2.75, 3.05) is 20.2 Å². The van der Waals surface area contributed by atoms with Gasteiger partial charge in [-0.05, 0) is 72.6 Å². The third kappa shape index (κ3) is 8.25. The lowest BCUT2D eigenvalue weighted by atomic mass is 9.78. The molecule has 0 N–H and O–H groups in total. The molecule has 0 amide bonds. The first-order valence-electron chi connectivity index (χ1n) is 16.9. The second-order valence-corrected chi connectivity index (χ2v) is 14.0. The lowest BCUT2D eigenvalue weighted by Gasteiger charge is -2.43. The lowest BCUT2D eigenvalue weighted by Crippen LogP contribution is -2.53. The van der Waals surface area contributed by atoms with E-state index in [1.54, 1.807) is 27.7 Å². The summed E-state index contributed by atoms with van der Waals surface area (Å²) in [6.45, 7) is 12.9. The Balaban J connectivity index is 1.68. The molecule has 0 aliphatic carbocycles. The number of aromatic nitrogens is 2. The van der Waals surface area contributed by atoms with Gasteiger partial charge >= 0.3 is 12.1 Å². The van der Waals surface area contributed by atoms with Gasteiger partial charge in [-0.2, -0.15) is 0 Å². The fourth-order valence-electron chi connectivity index (χ4n) is 7.29. The van der Waals surface area contributed by atoms with E-state index in [-0.39, 0.29) is 37.4 Å². The largest absolute Gasteiger partial charge is 0.457 e. The smallest absolute Gasteiger partial charge is 0.420 e. The molecule has 3 aliphatic heterocycles. The van der Waals surface area contributed by atoms with Gasteiger partial charge in [-0.15, -0.1) is 12.3 Å². The molecular weight excluding hydrogens is 618 g/mol. The molecule has 1 aromatic rings. The fraction of sp³-hybridized carbons (Fsp3) is 0.694. The molecule has 264 valence electrons. The molecule has 48 heavy (non-hydrogen) atoms. The molecule has 2 bridgehead atoms. The zero-order valence-corrected chi connectivity index (χ0v) is 29.5. The number of carbonyl (C=O) groups excluding carboxylic acids is 4. The van der Waals surface area contributed by atoms with Crippen LogP contribution in [0.5, 0.6) is 0 Å². The van der Waals surface area contributed by atoms with Crippen molar-refractivity contribution in [2.45, 2.75) is 122 Å². The number of ether oxygens (including phenoxy) is 5. The van der Waals surface area contributed by atoms with Gasteiger partial charge in [-0.25, -0.2) is 14.3 Å². The Hall–Kier alpha value is -3.37. The second kappa shape index (κ2) is 15.5. The standard InChI is InChI=1S/C36H51N3O9/c1-10-12-14-38(9)27-16-23(4)45-29(17-27)47-32-24(5)31(41)25(6)33(42)46-28(11-2)35(7,48-34(43)39-15-13-37-21-39)18-22(3)30(40)26-19-36(32,8)44-20-26/h1,13,15,18,21,23-29,32H,11-12,14,16-17,19-20H2,2-9H3/b22-18+/t23-,24+,25-,26+,27+,28-,29+,32-,35+,36-/m1/s1. The normalized spacial score (nSPS) is 37.7. The van der Waals surface area contributed by atoms with Crippen LogP contribution in [0.25, 0.3) is 0 Å². The van der Waals surface area contributed by atoms with Gasteiger partial charge in [0.2, 0.25) is 0 Å². The summed E-state index contributed by atoms with van der Waals surface area (Å²) in [4.78, 5) is 60.8. The molecule has 0 radical (unpaired) electrons. The molecule has 0 saturated carbocycles. The number of fused-ring (bicyclic) bond motifs is 2. The number of imidazole rings is 1. The number of ketones is 2. The molecule has 1 aromatic heterocycles. The van der Waals surface area contributed by atoms with Crippen LogP contribution in [0.2, 0.25) is 0 Å². The van der Waals surface area contributed by atoms with E-state index in [4.69, 9.17) is 30.1 Å². The number of hydrogen-bond acceptors (Lipinski definition) is 11. The first-order chi connectivity index (χ1) is 22.6. The average molecular weight is 670 g/mol. The summed E-state index contributed by atoms with van der Waals surface area (Å²) in [7, 11) is 2.03. The van der Waals surface area contributed by atoms with Crippen molar-refractivity contribution in [1.29, 1.82) is 0 Å². The Morgan fingerprint density at radius 3 is 2.58 bits per heavy atom. The van der Waals surface area contributed by atoms with Crippen molar-refractivity contribution in [1.82, 2.24) is 14.5 Å². The van der Waals surface area contributed by atoms with Gasteiger partial charge in [-0.1, -0.05) is 13.8 Å². The third-order valence-electron chi connectivity index (χ3n) is 10.1. The van der Waals surface area contributed by atoms with Gasteiger partial charge in [-0.3, -0.25) is 14.4 Å². The molecule has 0 unspecified atom stereocenters. The van der Waals surface area contributed by atoms with Crippen LogP contribution >= 0.6 is 0 Å².